The summed E-state index contributed by atoms with van der Waals surface area (Å²) in [7, 11) is 0. The molecule has 0 amide bonds. The van der Waals surface area contributed by atoms with Crippen molar-refractivity contribution in [2.75, 3.05) is 0 Å². The van der Waals surface area contributed by atoms with Crippen molar-refractivity contribution in [3.05, 3.63) is 34.6 Å². The van der Waals surface area contributed by atoms with E-state index >= 15 is 0 Å². The summed E-state index contributed by atoms with van der Waals surface area (Å²) in [5.41, 5.74) is 0.639. The van der Waals surface area contributed by atoms with Crippen LogP contribution in [0.1, 0.15) is 11.1 Å². The molecule has 63 valence electrons. The van der Waals surface area contributed by atoms with Crippen molar-refractivity contribution in [1.82, 2.24) is 5.32 Å². The highest BCUT2D eigenvalue weighted by Crippen LogP contribution is 2.24. The molecule has 0 saturated carbocycles. The minimum Gasteiger partial charge on any atom is -0.232 e. The summed E-state index contributed by atoms with van der Waals surface area (Å²) in [5.74, 6) is -3.62. The molecule has 1 aromatic carbocycles. The van der Waals surface area contributed by atoms with E-state index in [1.807, 2.05) is 0 Å². The van der Waals surface area contributed by atoms with Crippen molar-refractivity contribution < 1.29 is 13.2 Å². The average molecular weight is 172 g/mol. The van der Waals surface area contributed by atoms with Crippen LogP contribution in [0.2, 0.25) is 0 Å². The molecule has 1 nitrogen and oxygen atoms in total. The van der Waals surface area contributed by atoms with E-state index in [1.54, 1.807) is 0 Å². The van der Waals surface area contributed by atoms with Crippen LogP contribution in [-0.4, -0.2) is 0 Å². The van der Waals surface area contributed by atoms with Gasteiger partial charge in [-0.2, -0.15) is 0 Å². The Kier molecular flexibility index (Phi) is 1.58. The highest BCUT2D eigenvalue weighted by atomic mass is 19.2. The van der Waals surface area contributed by atoms with E-state index in [0.717, 1.165) is 6.07 Å². The SMILES string of the molecule is Fc1cc2c(c(F)c1F)C[N]C2. The Hall–Kier alpha value is -1.03. The second-order valence-electron chi connectivity index (χ2n) is 2.66. The van der Waals surface area contributed by atoms with Crippen molar-refractivity contribution in [2.45, 2.75) is 13.1 Å². The first-order valence-electron chi connectivity index (χ1n) is 3.48. The summed E-state index contributed by atoms with van der Waals surface area (Å²) in [5, 5.41) is 3.82. The third-order valence-corrected chi connectivity index (χ3v) is 1.91. The molecule has 0 spiro atoms. The summed E-state index contributed by atoms with van der Waals surface area (Å²) < 4.78 is 38.1. The van der Waals surface area contributed by atoms with E-state index in [4.69, 9.17) is 0 Å². The molecule has 1 aromatic rings. The Balaban J connectivity index is 2.67. The zero-order chi connectivity index (χ0) is 8.72. The predicted octanol–water partition coefficient (Wildman–Crippen LogP) is 1.72. The van der Waals surface area contributed by atoms with E-state index in [-0.39, 0.29) is 18.7 Å². The number of halogens is 3. The van der Waals surface area contributed by atoms with Gasteiger partial charge in [-0.15, -0.1) is 0 Å². The van der Waals surface area contributed by atoms with Gasteiger partial charge >= 0.3 is 0 Å². The maximum atomic E-state index is 12.9. The molecule has 12 heavy (non-hydrogen) atoms. The summed E-state index contributed by atoms with van der Waals surface area (Å²) in [6.45, 7) is 0.432. The molecule has 0 bridgehead atoms. The largest absolute Gasteiger partial charge is 0.232 e. The molecule has 0 aromatic heterocycles. The monoisotopic (exact) mass is 172 g/mol. The number of nitrogens with zero attached hydrogens (tertiary/aromatic N) is 1. The summed E-state index contributed by atoms with van der Waals surface area (Å²) >= 11 is 0. The van der Waals surface area contributed by atoms with E-state index in [1.165, 1.54) is 0 Å². The van der Waals surface area contributed by atoms with Crippen LogP contribution < -0.4 is 5.32 Å². The van der Waals surface area contributed by atoms with Gasteiger partial charge in [0.15, 0.2) is 17.5 Å². The van der Waals surface area contributed by atoms with Gasteiger partial charge in [-0.3, -0.25) is 0 Å². The van der Waals surface area contributed by atoms with Crippen LogP contribution in [0.15, 0.2) is 6.07 Å². The third-order valence-electron chi connectivity index (χ3n) is 1.91. The van der Waals surface area contributed by atoms with Gasteiger partial charge in [0.1, 0.15) is 0 Å². The van der Waals surface area contributed by atoms with Crippen molar-refractivity contribution in [3.8, 4) is 0 Å². The number of rotatable bonds is 0. The van der Waals surface area contributed by atoms with Crippen LogP contribution in [0.25, 0.3) is 0 Å². The number of hydrogen-bond donors (Lipinski definition) is 0. The molecule has 0 fully saturated rings. The van der Waals surface area contributed by atoms with Gasteiger partial charge in [0.2, 0.25) is 0 Å². The normalized spacial score (nSPS) is 14.9. The number of benzene rings is 1. The zero-order valence-electron chi connectivity index (χ0n) is 6.07. The molecule has 4 heteroatoms. The van der Waals surface area contributed by atoms with Crippen molar-refractivity contribution in [1.29, 1.82) is 0 Å². The van der Waals surface area contributed by atoms with Gasteiger partial charge in [-0.25, -0.2) is 18.5 Å². The fourth-order valence-corrected chi connectivity index (χ4v) is 1.28. The van der Waals surface area contributed by atoms with Gasteiger partial charge in [0.25, 0.3) is 0 Å². The number of fused-ring (bicyclic) bond motifs is 1. The lowest BCUT2D eigenvalue weighted by molar-refractivity contribution is 0.441. The maximum Gasteiger partial charge on any atom is 0.194 e. The van der Waals surface area contributed by atoms with Crippen LogP contribution in [-0.2, 0) is 13.1 Å². The first-order valence-corrected chi connectivity index (χ1v) is 3.48. The molecule has 1 heterocycles. The molecule has 0 N–H and O–H groups in total. The van der Waals surface area contributed by atoms with Crippen LogP contribution in [0.5, 0.6) is 0 Å². The Morgan fingerprint density at radius 2 is 1.83 bits per heavy atom. The second-order valence-corrected chi connectivity index (χ2v) is 2.66. The Morgan fingerprint density at radius 3 is 2.58 bits per heavy atom. The summed E-state index contributed by atoms with van der Waals surface area (Å²) in [6.07, 6.45) is 0. The van der Waals surface area contributed by atoms with Crippen molar-refractivity contribution >= 4 is 0 Å². The molecule has 1 aliphatic rings. The molecule has 2 rings (SSSR count). The van der Waals surface area contributed by atoms with Crippen molar-refractivity contribution in [2.24, 2.45) is 0 Å². The summed E-state index contributed by atoms with van der Waals surface area (Å²) in [6, 6.07) is 1.00. The smallest absolute Gasteiger partial charge is 0.194 e. The molecule has 0 saturated heterocycles. The molecule has 0 atom stereocenters. The molecule has 0 unspecified atom stereocenters. The first-order chi connectivity index (χ1) is 5.70. The van der Waals surface area contributed by atoms with E-state index in [0.29, 0.717) is 5.56 Å². The quantitative estimate of drug-likeness (QED) is 0.529. The van der Waals surface area contributed by atoms with Crippen molar-refractivity contribution in [3.63, 3.8) is 0 Å². The third kappa shape index (κ3) is 0.914. The average Bonchev–Trinajstić information content (AvgIpc) is 2.48. The Bertz CT molecular complexity index is 336. The van der Waals surface area contributed by atoms with Gasteiger partial charge in [-0.1, -0.05) is 0 Å². The lowest BCUT2D eigenvalue weighted by Crippen LogP contribution is -1.97. The van der Waals surface area contributed by atoms with Gasteiger partial charge in [-0.05, 0) is 11.6 Å². The minimum atomic E-state index is -1.40. The second kappa shape index (κ2) is 2.48. The van der Waals surface area contributed by atoms with Gasteiger partial charge in [0.05, 0.1) is 0 Å². The molecular formula is C8H5F3N. The van der Waals surface area contributed by atoms with E-state index in [2.05, 4.69) is 5.32 Å². The topological polar surface area (TPSA) is 14.1 Å². The lowest BCUT2D eigenvalue weighted by atomic mass is 10.1. The standard InChI is InChI=1S/C8H5F3N/c9-6-1-4-2-12-3-5(4)7(10)8(6)11/h1H,2-3H2. The first kappa shape index (κ1) is 7.61. The van der Waals surface area contributed by atoms with E-state index in [9.17, 15) is 13.2 Å². The highest BCUT2D eigenvalue weighted by molar-refractivity contribution is 5.33. The molecule has 1 radical (unpaired) electrons. The maximum absolute atomic E-state index is 12.9. The minimum absolute atomic E-state index is 0.151. The van der Waals surface area contributed by atoms with Gasteiger partial charge < -0.3 is 0 Å². The Labute approximate surface area is 67.2 Å². The fraction of sp³-hybridized carbons (Fsp3) is 0.250. The van der Waals surface area contributed by atoms with Crippen LogP contribution in [0.3, 0.4) is 0 Å². The number of hydrogen-bond acceptors (Lipinski definition) is 0. The Morgan fingerprint density at radius 1 is 1.08 bits per heavy atom. The van der Waals surface area contributed by atoms with Crippen LogP contribution in [0.4, 0.5) is 13.2 Å². The highest BCUT2D eigenvalue weighted by Gasteiger charge is 2.21. The molecule has 0 aliphatic carbocycles. The summed E-state index contributed by atoms with van der Waals surface area (Å²) in [4.78, 5) is 0. The van der Waals surface area contributed by atoms with Gasteiger partial charge in [0, 0.05) is 18.7 Å². The van der Waals surface area contributed by atoms with Crippen LogP contribution in [0, 0.1) is 17.5 Å². The zero-order valence-corrected chi connectivity index (χ0v) is 6.07. The fourth-order valence-electron chi connectivity index (χ4n) is 1.28. The molecular weight excluding hydrogens is 167 g/mol. The van der Waals surface area contributed by atoms with E-state index < -0.39 is 17.5 Å². The lowest BCUT2D eigenvalue weighted by Gasteiger charge is -2.00. The molecule has 1 aliphatic heterocycles. The predicted molar refractivity (Wildman–Crippen MR) is 35.9 cm³/mol. The van der Waals surface area contributed by atoms with Crippen LogP contribution >= 0.6 is 0 Å².